The van der Waals surface area contributed by atoms with Crippen LogP contribution in [0.4, 0.5) is 0 Å². The van der Waals surface area contributed by atoms with Crippen LogP contribution in [0.25, 0.3) is 0 Å². The van der Waals surface area contributed by atoms with Crippen LogP contribution in [0.15, 0.2) is 10.5 Å². The Bertz CT molecular complexity index is 715. The van der Waals surface area contributed by atoms with Gasteiger partial charge in [0.1, 0.15) is 5.76 Å². The van der Waals surface area contributed by atoms with E-state index < -0.39 is 15.3 Å². The fourth-order valence-corrected chi connectivity index (χ4v) is 5.61. The smallest absolute Gasteiger partial charge is 0.289 e. The number of nitrogens with one attached hydrogen (secondary N) is 1. The number of morpholine rings is 1. The predicted octanol–water partition coefficient (Wildman–Crippen LogP) is 2.21. The maximum absolute atomic E-state index is 12.9. The first-order valence-corrected chi connectivity index (χ1v) is 10.7. The van der Waals surface area contributed by atoms with Crippen molar-refractivity contribution in [1.82, 2.24) is 4.90 Å². The first-order valence-electron chi connectivity index (χ1n) is 8.75. The summed E-state index contributed by atoms with van der Waals surface area (Å²) in [7, 11) is -2.45. The summed E-state index contributed by atoms with van der Waals surface area (Å²) >= 11 is 0. The van der Waals surface area contributed by atoms with Gasteiger partial charge >= 0.3 is 0 Å². The molecule has 1 amide bonds. The molecular formula is C17H24N2O4S. The van der Waals surface area contributed by atoms with E-state index in [1.165, 1.54) is 5.56 Å². The number of ether oxygens (including phenoxy) is 1. The van der Waals surface area contributed by atoms with Gasteiger partial charge in [-0.3, -0.25) is 9.57 Å². The van der Waals surface area contributed by atoms with Crippen molar-refractivity contribution in [2.45, 2.75) is 44.1 Å². The number of rotatable bonds is 1. The molecule has 3 aliphatic rings. The Hall–Kier alpha value is -1.34. The molecule has 6 nitrogen and oxygen atoms in total. The summed E-state index contributed by atoms with van der Waals surface area (Å²) in [6.45, 7) is 1.56. The lowest BCUT2D eigenvalue weighted by molar-refractivity contribution is -0.104. The van der Waals surface area contributed by atoms with E-state index >= 15 is 0 Å². The SMILES string of the molecule is N=S1(=O)CCC2(CC1)CN(C(=O)c1cc3c(o1)CCCC3)CCO2. The Labute approximate surface area is 142 Å². The monoisotopic (exact) mass is 352 g/mol. The van der Waals surface area contributed by atoms with E-state index in [-0.39, 0.29) is 5.91 Å². The van der Waals surface area contributed by atoms with Crippen LogP contribution in [0.3, 0.4) is 0 Å². The molecule has 1 aromatic heterocycles. The molecule has 132 valence electrons. The van der Waals surface area contributed by atoms with E-state index in [2.05, 4.69) is 0 Å². The standard InChI is InChI=1S/C17H24N2O4S/c18-24(21)9-5-17(6-10-24)12-19(7-8-22-17)16(20)15-11-13-3-1-2-4-14(13)23-15/h11,18H,1-10,12H2. The second-order valence-corrected chi connectivity index (χ2v) is 9.68. The molecule has 0 bridgehead atoms. The van der Waals surface area contributed by atoms with E-state index in [0.29, 0.717) is 49.8 Å². The number of hydrogen-bond acceptors (Lipinski definition) is 5. The highest BCUT2D eigenvalue weighted by Gasteiger charge is 2.42. The van der Waals surface area contributed by atoms with Gasteiger partial charge in [-0.05, 0) is 43.7 Å². The number of carbonyl (C=O) groups excluding carboxylic acids is 1. The third kappa shape index (κ3) is 2.99. The molecule has 1 N–H and O–H groups in total. The minimum Gasteiger partial charge on any atom is -0.456 e. The number of hydrogen-bond donors (Lipinski definition) is 1. The number of aryl methyl sites for hydroxylation is 2. The van der Waals surface area contributed by atoms with Crippen LogP contribution in [0, 0.1) is 4.78 Å². The average Bonchev–Trinajstić information content (AvgIpc) is 3.02. The average molecular weight is 352 g/mol. The number of nitrogens with zero attached hydrogens (tertiary/aromatic N) is 1. The summed E-state index contributed by atoms with van der Waals surface area (Å²) < 4.78 is 31.4. The number of furan rings is 1. The summed E-state index contributed by atoms with van der Waals surface area (Å²) in [4.78, 5) is 14.7. The van der Waals surface area contributed by atoms with Crippen molar-refractivity contribution >= 4 is 15.6 Å². The van der Waals surface area contributed by atoms with Crippen LogP contribution in [0.5, 0.6) is 0 Å². The van der Waals surface area contributed by atoms with Crippen LogP contribution in [0.2, 0.25) is 0 Å². The van der Waals surface area contributed by atoms with Crippen LogP contribution in [0.1, 0.15) is 47.6 Å². The first kappa shape index (κ1) is 16.1. The highest BCUT2D eigenvalue weighted by atomic mass is 32.2. The zero-order valence-electron chi connectivity index (χ0n) is 13.8. The quantitative estimate of drug-likeness (QED) is 0.840. The van der Waals surface area contributed by atoms with E-state index in [0.717, 1.165) is 31.4 Å². The van der Waals surface area contributed by atoms with Crippen molar-refractivity contribution in [3.8, 4) is 0 Å². The van der Waals surface area contributed by atoms with Crippen molar-refractivity contribution in [1.29, 1.82) is 4.78 Å². The minimum absolute atomic E-state index is 0.0655. The lowest BCUT2D eigenvalue weighted by Gasteiger charge is -2.44. The number of amides is 1. The normalized spacial score (nSPS) is 33.4. The van der Waals surface area contributed by atoms with E-state index in [9.17, 15) is 9.00 Å². The van der Waals surface area contributed by atoms with E-state index in [1.54, 1.807) is 0 Å². The van der Waals surface area contributed by atoms with Crippen molar-refractivity contribution in [2.24, 2.45) is 0 Å². The second-order valence-electron chi connectivity index (χ2n) is 7.24. The summed E-state index contributed by atoms with van der Waals surface area (Å²) in [6, 6.07) is 1.91. The zero-order chi connectivity index (χ0) is 16.8. The van der Waals surface area contributed by atoms with Crippen molar-refractivity contribution in [2.75, 3.05) is 31.2 Å². The van der Waals surface area contributed by atoms with Crippen molar-refractivity contribution in [3.63, 3.8) is 0 Å². The van der Waals surface area contributed by atoms with Crippen LogP contribution >= 0.6 is 0 Å². The van der Waals surface area contributed by atoms with Crippen LogP contribution in [-0.2, 0) is 27.3 Å². The molecule has 7 heteroatoms. The van der Waals surface area contributed by atoms with Crippen LogP contribution in [-0.4, -0.2) is 51.8 Å². The molecule has 0 unspecified atom stereocenters. The number of carbonyl (C=O) groups is 1. The zero-order valence-corrected chi connectivity index (χ0v) is 14.7. The van der Waals surface area contributed by atoms with Gasteiger partial charge in [-0.15, -0.1) is 0 Å². The Morgan fingerprint density at radius 1 is 1.25 bits per heavy atom. The topological polar surface area (TPSA) is 83.6 Å². The van der Waals surface area contributed by atoms with E-state index in [1.807, 2.05) is 11.0 Å². The van der Waals surface area contributed by atoms with Crippen molar-refractivity contribution in [3.05, 3.63) is 23.2 Å². The molecule has 0 radical (unpaired) electrons. The predicted molar refractivity (Wildman–Crippen MR) is 89.8 cm³/mol. The Balaban J connectivity index is 1.50. The molecule has 1 aliphatic carbocycles. The van der Waals surface area contributed by atoms with Gasteiger partial charge < -0.3 is 14.1 Å². The molecule has 1 spiro atoms. The fraction of sp³-hybridized carbons (Fsp3) is 0.706. The van der Waals surface area contributed by atoms with Gasteiger partial charge in [-0.2, -0.15) is 0 Å². The van der Waals surface area contributed by atoms with Gasteiger partial charge in [-0.25, -0.2) is 4.21 Å². The molecule has 24 heavy (non-hydrogen) atoms. The lowest BCUT2D eigenvalue weighted by atomic mass is 9.94. The largest absolute Gasteiger partial charge is 0.456 e. The Kier molecular flexibility index (Phi) is 3.95. The summed E-state index contributed by atoms with van der Waals surface area (Å²) in [5, 5.41) is 0. The summed E-state index contributed by atoms with van der Waals surface area (Å²) in [5.74, 6) is 2.08. The molecule has 2 saturated heterocycles. The molecule has 1 aromatic rings. The number of fused-ring (bicyclic) bond motifs is 1. The maximum Gasteiger partial charge on any atom is 0.289 e. The second kappa shape index (κ2) is 5.88. The first-order chi connectivity index (χ1) is 11.5. The maximum atomic E-state index is 12.9. The molecule has 2 aliphatic heterocycles. The third-order valence-electron chi connectivity index (χ3n) is 5.52. The molecule has 0 atom stereocenters. The third-order valence-corrected chi connectivity index (χ3v) is 7.25. The molecular weight excluding hydrogens is 328 g/mol. The van der Waals surface area contributed by atoms with Crippen molar-refractivity contribution < 1.29 is 18.2 Å². The van der Waals surface area contributed by atoms with Gasteiger partial charge in [0.2, 0.25) is 0 Å². The fourth-order valence-electron chi connectivity index (χ4n) is 4.00. The highest BCUT2D eigenvalue weighted by molar-refractivity contribution is 7.92. The van der Waals surface area contributed by atoms with E-state index in [4.69, 9.17) is 13.9 Å². The minimum atomic E-state index is -2.45. The summed E-state index contributed by atoms with van der Waals surface area (Å²) in [6.07, 6.45) is 5.39. The van der Waals surface area contributed by atoms with Gasteiger partial charge in [0.25, 0.3) is 5.91 Å². The summed E-state index contributed by atoms with van der Waals surface area (Å²) in [5.41, 5.74) is 0.751. The van der Waals surface area contributed by atoms with Gasteiger partial charge in [0.15, 0.2) is 5.76 Å². The molecule has 2 fully saturated rings. The molecule has 4 rings (SSSR count). The van der Waals surface area contributed by atoms with Gasteiger partial charge in [0.05, 0.1) is 18.8 Å². The highest BCUT2D eigenvalue weighted by Crippen LogP contribution is 2.32. The lowest BCUT2D eigenvalue weighted by Crippen LogP contribution is -2.56. The molecule has 3 heterocycles. The van der Waals surface area contributed by atoms with Crippen LogP contribution < -0.4 is 0 Å². The Morgan fingerprint density at radius 3 is 2.75 bits per heavy atom. The molecule has 0 aromatic carbocycles. The Morgan fingerprint density at radius 2 is 2.00 bits per heavy atom. The van der Waals surface area contributed by atoms with Gasteiger partial charge in [-0.1, -0.05) is 0 Å². The molecule has 0 saturated carbocycles. The van der Waals surface area contributed by atoms with Gasteiger partial charge in [0, 0.05) is 34.2 Å².